The molecule has 5 rings (SSSR count). The van der Waals surface area contributed by atoms with E-state index in [0.29, 0.717) is 32.3 Å². The molecule has 0 saturated heterocycles. The van der Waals surface area contributed by atoms with Crippen LogP contribution in [0.15, 0.2) is 78.5 Å². The fraction of sp³-hybridized carbons (Fsp3) is 0.115. The highest BCUT2D eigenvalue weighted by molar-refractivity contribution is 6.31. The number of halogens is 3. The van der Waals surface area contributed by atoms with E-state index in [-0.39, 0.29) is 18.7 Å². The number of nitrogens with one attached hydrogen (secondary N) is 1. The van der Waals surface area contributed by atoms with Gasteiger partial charge in [0, 0.05) is 51.1 Å². The Morgan fingerprint density at radius 2 is 1.61 bits per heavy atom. The van der Waals surface area contributed by atoms with E-state index in [1.165, 1.54) is 12.1 Å². The van der Waals surface area contributed by atoms with Crippen molar-refractivity contribution in [3.63, 3.8) is 0 Å². The molecular formula is C26H18Cl2FNO3. The Labute approximate surface area is 199 Å². The molecule has 0 spiro atoms. The lowest BCUT2D eigenvalue weighted by Crippen LogP contribution is -2.35. The minimum atomic E-state index is -1.89. The van der Waals surface area contributed by atoms with Crippen LogP contribution in [0.4, 0.5) is 4.39 Å². The van der Waals surface area contributed by atoms with Crippen molar-refractivity contribution in [1.29, 1.82) is 0 Å². The Balaban J connectivity index is 1.66. The quantitative estimate of drug-likeness (QED) is 0.338. The summed E-state index contributed by atoms with van der Waals surface area (Å²) in [6, 6.07) is 18.2. The summed E-state index contributed by atoms with van der Waals surface area (Å²) in [6.45, 7) is 0. The maximum Gasteiger partial charge on any atom is 0.341 e. The summed E-state index contributed by atoms with van der Waals surface area (Å²) >= 11 is 12.1. The Morgan fingerprint density at radius 3 is 2.33 bits per heavy atom. The highest BCUT2D eigenvalue weighted by atomic mass is 35.5. The number of H-pyrrole nitrogens is 1. The Kier molecular flexibility index (Phi) is 5.49. The van der Waals surface area contributed by atoms with E-state index < -0.39 is 11.8 Å². The topological polar surface area (TPSA) is 62.3 Å². The van der Waals surface area contributed by atoms with Gasteiger partial charge in [0.25, 0.3) is 0 Å². The standard InChI is InChI=1S/C26H18Cl2FNO3/c27-17-5-1-15(2-6-17)11-22-24(21-14-30-23-12-18(28)7-10-20(21)23)25(31)33-26(22,32)13-16-3-8-19(29)9-4-16/h1-10,12,14,30,32H,11,13H2. The molecule has 166 valence electrons. The molecule has 1 aliphatic rings. The zero-order valence-electron chi connectivity index (χ0n) is 17.2. The number of aromatic nitrogens is 1. The number of aromatic amines is 1. The maximum absolute atomic E-state index is 13.4. The Hall–Kier alpha value is -3.12. The molecule has 2 heterocycles. The Morgan fingerprint density at radius 1 is 0.939 bits per heavy atom. The predicted molar refractivity (Wildman–Crippen MR) is 127 cm³/mol. The lowest BCUT2D eigenvalue weighted by molar-refractivity contribution is -0.180. The van der Waals surface area contributed by atoms with Crippen molar-refractivity contribution in [3.05, 3.63) is 111 Å². The van der Waals surface area contributed by atoms with Crippen molar-refractivity contribution in [3.8, 4) is 0 Å². The second-order valence-electron chi connectivity index (χ2n) is 8.03. The van der Waals surface area contributed by atoms with Crippen LogP contribution < -0.4 is 0 Å². The van der Waals surface area contributed by atoms with E-state index in [2.05, 4.69) is 4.98 Å². The van der Waals surface area contributed by atoms with Gasteiger partial charge in [-0.1, -0.05) is 53.5 Å². The van der Waals surface area contributed by atoms with Gasteiger partial charge in [-0.2, -0.15) is 0 Å². The number of ether oxygens (including phenoxy) is 1. The summed E-state index contributed by atoms with van der Waals surface area (Å²) < 4.78 is 19.0. The first-order chi connectivity index (χ1) is 15.8. The number of benzene rings is 3. The third-order valence-electron chi connectivity index (χ3n) is 5.80. The van der Waals surface area contributed by atoms with E-state index in [0.717, 1.165) is 16.5 Å². The summed E-state index contributed by atoms with van der Waals surface area (Å²) in [7, 11) is 0. The fourth-order valence-corrected chi connectivity index (χ4v) is 4.51. The predicted octanol–water partition coefficient (Wildman–Crippen LogP) is 6.10. The number of hydrogen-bond acceptors (Lipinski definition) is 3. The summed E-state index contributed by atoms with van der Waals surface area (Å²) in [5.74, 6) is -2.90. The third-order valence-corrected chi connectivity index (χ3v) is 6.29. The number of esters is 1. The first-order valence-corrected chi connectivity index (χ1v) is 11.0. The smallest absolute Gasteiger partial charge is 0.341 e. The van der Waals surface area contributed by atoms with E-state index in [4.69, 9.17) is 27.9 Å². The normalized spacial score (nSPS) is 18.2. The molecule has 2 N–H and O–H groups in total. The van der Waals surface area contributed by atoms with Gasteiger partial charge in [0.2, 0.25) is 5.79 Å². The van der Waals surface area contributed by atoms with Crippen molar-refractivity contribution in [2.75, 3.05) is 0 Å². The van der Waals surface area contributed by atoms with Crippen LogP contribution in [0.1, 0.15) is 16.7 Å². The molecule has 4 nitrogen and oxygen atoms in total. The van der Waals surface area contributed by atoms with Gasteiger partial charge in [0.05, 0.1) is 5.57 Å². The molecule has 4 aromatic rings. The van der Waals surface area contributed by atoms with E-state index in [1.807, 2.05) is 18.2 Å². The molecule has 3 aromatic carbocycles. The molecule has 33 heavy (non-hydrogen) atoms. The van der Waals surface area contributed by atoms with E-state index >= 15 is 0 Å². The number of hydrogen-bond donors (Lipinski definition) is 2. The fourth-order valence-electron chi connectivity index (χ4n) is 4.22. The number of rotatable bonds is 5. The van der Waals surface area contributed by atoms with Crippen LogP contribution in [0, 0.1) is 5.82 Å². The molecule has 1 aromatic heterocycles. The summed E-state index contributed by atoms with van der Waals surface area (Å²) in [4.78, 5) is 16.3. The molecule has 1 unspecified atom stereocenters. The number of carbonyl (C=O) groups excluding carboxylic acids is 1. The number of fused-ring (bicyclic) bond motifs is 1. The average Bonchev–Trinajstić information content (AvgIpc) is 3.28. The van der Waals surface area contributed by atoms with Gasteiger partial charge in [0.15, 0.2) is 0 Å². The first-order valence-electron chi connectivity index (χ1n) is 10.3. The molecule has 0 aliphatic carbocycles. The van der Waals surface area contributed by atoms with Crippen LogP contribution in [-0.2, 0) is 22.4 Å². The van der Waals surface area contributed by atoms with Gasteiger partial charge in [-0.05, 0) is 47.5 Å². The van der Waals surface area contributed by atoms with Gasteiger partial charge in [-0.15, -0.1) is 0 Å². The third kappa shape index (κ3) is 4.15. The highest BCUT2D eigenvalue weighted by Crippen LogP contribution is 2.42. The zero-order valence-corrected chi connectivity index (χ0v) is 18.8. The number of carbonyl (C=O) groups is 1. The highest BCUT2D eigenvalue weighted by Gasteiger charge is 2.47. The molecule has 1 aliphatic heterocycles. The van der Waals surface area contributed by atoms with Gasteiger partial charge in [0.1, 0.15) is 5.82 Å². The van der Waals surface area contributed by atoms with Crippen LogP contribution in [0.25, 0.3) is 16.5 Å². The second-order valence-corrected chi connectivity index (χ2v) is 8.90. The summed E-state index contributed by atoms with van der Waals surface area (Å²) in [5, 5.41) is 13.5. The van der Waals surface area contributed by atoms with Crippen molar-refractivity contribution in [1.82, 2.24) is 4.98 Å². The molecule has 7 heteroatoms. The number of aliphatic hydroxyl groups is 1. The van der Waals surface area contributed by atoms with Gasteiger partial charge >= 0.3 is 5.97 Å². The molecule has 0 bridgehead atoms. The van der Waals surface area contributed by atoms with Gasteiger partial charge in [-0.3, -0.25) is 0 Å². The largest absolute Gasteiger partial charge is 0.425 e. The zero-order chi connectivity index (χ0) is 23.2. The lowest BCUT2D eigenvalue weighted by Gasteiger charge is -2.25. The van der Waals surface area contributed by atoms with Crippen molar-refractivity contribution in [2.45, 2.75) is 18.6 Å². The first kappa shape index (κ1) is 21.7. The van der Waals surface area contributed by atoms with Crippen molar-refractivity contribution < 1.29 is 19.0 Å². The van der Waals surface area contributed by atoms with Crippen molar-refractivity contribution in [2.24, 2.45) is 0 Å². The van der Waals surface area contributed by atoms with Crippen LogP contribution in [0.3, 0.4) is 0 Å². The minimum absolute atomic E-state index is 0.0143. The molecule has 0 amide bonds. The second kappa shape index (κ2) is 8.34. The maximum atomic E-state index is 13.4. The summed E-state index contributed by atoms with van der Waals surface area (Å²) in [5.41, 5.74) is 3.58. The van der Waals surface area contributed by atoms with Crippen LogP contribution in [-0.4, -0.2) is 21.8 Å². The van der Waals surface area contributed by atoms with Crippen LogP contribution >= 0.6 is 23.2 Å². The molecule has 0 fully saturated rings. The van der Waals surface area contributed by atoms with Gasteiger partial charge < -0.3 is 14.8 Å². The van der Waals surface area contributed by atoms with Crippen LogP contribution in [0.5, 0.6) is 0 Å². The average molecular weight is 482 g/mol. The van der Waals surface area contributed by atoms with Crippen LogP contribution in [0.2, 0.25) is 10.0 Å². The van der Waals surface area contributed by atoms with E-state index in [1.54, 1.807) is 42.6 Å². The SMILES string of the molecule is O=C1OC(O)(Cc2ccc(F)cc2)C(Cc2ccc(Cl)cc2)=C1c1c[nH]c2cc(Cl)ccc12. The lowest BCUT2D eigenvalue weighted by atomic mass is 9.88. The van der Waals surface area contributed by atoms with E-state index in [9.17, 15) is 14.3 Å². The molecule has 0 saturated carbocycles. The molecule has 1 atom stereocenters. The molecule has 0 radical (unpaired) electrons. The Bertz CT molecular complexity index is 1390. The monoisotopic (exact) mass is 481 g/mol. The molecular weight excluding hydrogens is 464 g/mol. The van der Waals surface area contributed by atoms with Crippen molar-refractivity contribution >= 4 is 45.6 Å². The minimum Gasteiger partial charge on any atom is -0.425 e. The summed E-state index contributed by atoms with van der Waals surface area (Å²) in [6.07, 6.45) is 1.96. The number of cyclic esters (lactones) is 1. The van der Waals surface area contributed by atoms with Gasteiger partial charge in [-0.25, -0.2) is 9.18 Å².